The first-order chi connectivity index (χ1) is 8.31. The predicted molar refractivity (Wildman–Crippen MR) is 59.4 cm³/mol. The molecule has 5 nitrogen and oxygen atoms in total. The first-order valence-corrected chi connectivity index (χ1v) is 5.25. The highest BCUT2D eigenvalue weighted by Gasteiger charge is 2.69. The standard InChI is InChI=1S/C7H9ClF5N3O2S/c8-6(9,10)5(18,7(11,12)13)1-3(17)2-15-16-4(14)19/h15,18H,1-2H2,(H3,14,16,19)/t5-/m1/s1. The zero-order valence-corrected chi connectivity index (χ0v) is 10.6. The van der Waals surface area contributed by atoms with Gasteiger partial charge in [-0.05, 0) is 23.8 Å². The Bertz CT molecular complexity index is 346. The van der Waals surface area contributed by atoms with Crippen molar-refractivity contribution in [3.05, 3.63) is 0 Å². The molecule has 0 fully saturated rings. The highest BCUT2D eigenvalue weighted by molar-refractivity contribution is 7.80. The average Bonchev–Trinajstić information content (AvgIpc) is 2.12. The summed E-state index contributed by atoms with van der Waals surface area (Å²) in [6, 6.07) is 0. The first-order valence-electron chi connectivity index (χ1n) is 4.47. The number of aliphatic hydroxyl groups is 1. The maximum absolute atomic E-state index is 12.6. The van der Waals surface area contributed by atoms with Gasteiger partial charge >= 0.3 is 11.6 Å². The molecule has 0 rings (SSSR count). The molecule has 0 aromatic rings. The molecule has 112 valence electrons. The van der Waals surface area contributed by atoms with E-state index < -0.39 is 35.9 Å². The van der Waals surface area contributed by atoms with Crippen LogP contribution in [0.5, 0.6) is 0 Å². The molecule has 0 saturated heterocycles. The Morgan fingerprint density at radius 3 is 2.11 bits per heavy atom. The van der Waals surface area contributed by atoms with Crippen LogP contribution in [0.4, 0.5) is 22.0 Å². The molecule has 19 heavy (non-hydrogen) atoms. The van der Waals surface area contributed by atoms with Crippen molar-refractivity contribution in [3.63, 3.8) is 0 Å². The Balaban J connectivity index is 4.78. The van der Waals surface area contributed by atoms with Crippen LogP contribution in [0.3, 0.4) is 0 Å². The van der Waals surface area contributed by atoms with Gasteiger partial charge in [0.25, 0.3) is 0 Å². The molecule has 0 heterocycles. The Hall–Kier alpha value is -0.780. The smallest absolute Gasteiger partial charge is 0.375 e. The van der Waals surface area contributed by atoms with Gasteiger partial charge in [-0.3, -0.25) is 10.2 Å². The van der Waals surface area contributed by atoms with Crippen LogP contribution in [0.15, 0.2) is 0 Å². The largest absolute Gasteiger partial charge is 0.425 e. The SMILES string of the molecule is NC(=S)NNCC(=O)C[C@](O)(C(F)(F)F)C(F)(F)Cl. The lowest BCUT2D eigenvalue weighted by Gasteiger charge is -2.33. The number of carbonyl (C=O) groups excluding carboxylic acids is 1. The van der Waals surface area contributed by atoms with Crippen LogP contribution in [0.2, 0.25) is 0 Å². The molecule has 0 unspecified atom stereocenters. The van der Waals surface area contributed by atoms with Gasteiger partial charge in [-0.15, -0.1) is 0 Å². The van der Waals surface area contributed by atoms with Crippen molar-refractivity contribution < 1.29 is 31.9 Å². The normalized spacial score (nSPS) is 15.7. The molecular formula is C7H9ClF5N3O2S. The number of Topliss-reactive ketones (excluding diaryl/α,β-unsaturated/α-hetero) is 1. The predicted octanol–water partition coefficient (Wildman–Crippen LogP) is 0.408. The van der Waals surface area contributed by atoms with E-state index in [0.29, 0.717) is 0 Å². The van der Waals surface area contributed by atoms with E-state index >= 15 is 0 Å². The number of hydrogen-bond acceptors (Lipinski definition) is 4. The van der Waals surface area contributed by atoms with E-state index in [-0.39, 0.29) is 5.11 Å². The van der Waals surface area contributed by atoms with Crippen molar-refractivity contribution in [1.29, 1.82) is 0 Å². The van der Waals surface area contributed by atoms with Gasteiger partial charge in [-0.2, -0.15) is 22.0 Å². The maximum Gasteiger partial charge on any atom is 0.425 e. The molecule has 0 aliphatic carbocycles. The summed E-state index contributed by atoms with van der Waals surface area (Å²) >= 11 is 8.52. The Morgan fingerprint density at radius 1 is 1.32 bits per heavy atom. The second-order valence-electron chi connectivity index (χ2n) is 3.41. The molecule has 0 amide bonds. The molecule has 0 spiro atoms. The lowest BCUT2D eigenvalue weighted by Crippen LogP contribution is -2.58. The van der Waals surface area contributed by atoms with E-state index in [4.69, 9.17) is 10.8 Å². The van der Waals surface area contributed by atoms with Gasteiger partial charge in [0.05, 0.1) is 13.0 Å². The van der Waals surface area contributed by atoms with E-state index in [1.165, 1.54) is 0 Å². The fraction of sp³-hybridized carbons (Fsp3) is 0.714. The van der Waals surface area contributed by atoms with Crippen LogP contribution < -0.4 is 16.6 Å². The molecule has 1 atom stereocenters. The molecule has 0 aliphatic rings. The minimum Gasteiger partial charge on any atom is -0.375 e. The van der Waals surface area contributed by atoms with E-state index in [9.17, 15) is 26.7 Å². The van der Waals surface area contributed by atoms with Gasteiger partial charge in [0.15, 0.2) is 10.9 Å². The van der Waals surface area contributed by atoms with E-state index in [1.807, 2.05) is 10.9 Å². The number of halogens is 6. The Labute approximate surface area is 114 Å². The minimum absolute atomic E-state index is 0.318. The van der Waals surface area contributed by atoms with Crippen LogP contribution in [0.1, 0.15) is 6.42 Å². The first kappa shape index (κ1) is 18.2. The summed E-state index contributed by atoms with van der Waals surface area (Å²) < 4.78 is 62.4. The summed E-state index contributed by atoms with van der Waals surface area (Å²) in [5.74, 6) is -1.39. The van der Waals surface area contributed by atoms with E-state index in [2.05, 4.69) is 23.8 Å². The van der Waals surface area contributed by atoms with Crippen molar-refractivity contribution in [3.8, 4) is 0 Å². The summed E-state index contributed by atoms with van der Waals surface area (Å²) in [6.45, 7) is -0.831. The molecule has 0 bridgehead atoms. The lowest BCUT2D eigenvalue weighted by molar-refractivity contribution is -0.309. The van der Waals surface area contributed by atoms with Crippen LogP contribution in [0.25, 0.3) is 0 Å². The van der Waals surface area contributed by atoms with Crippen molar-refractivity contribution in [2.24, 2.45) is 5.73 Å². The number of alkyl halides is 6. The third kappa shape index (κ3) is 5.01. The second kappa shape index (κ2) is 6.11. The number of nitrogens with one attached hydrogen (secondary N) is 2. The third-order valence-electron chi connectivity index (χ3n) is 1.89. The Kier molecular flexibility index (Phi) is 5.86. The van der Waals surface area contributed by atoms with Gasteiger partial charge in [0.1, 0.15) is 0 Å². The third-order valence-corrected chi connectivity index (χ3v) is 2.30. The van der Waals surface area contributed by atoms with Gasteiger partial charge in [-0.1, -0.05) is 0 Å². The fourth-order valence-electron chi connectivity index (χ4n) is 0.939. The lowest BCUT2D eigenvalue weighted by atomic mass is 9.96. The van der Waals surface area contributed by atoms with Gasteiger partial charge in [0, 0.05) is 0 Å². The Morgan fingerprint density at radius 2 is 1.79 bits per heavy atom. The molecule has 0 saturated carbocycles. The molecule has 12 heteroatoms. The monoisotopic (exact) mass is 329 g/mol. The number of carbonyl (C=O) groups is 1. The highest BCUT2D eigenvalue weighted by Crippen LogP contribution is 2.46. The van der Waals surface area contributed by atoms with Gasteiger partial charge < -0.3 is 10.8 Å². The quantitative estimate of drug-likeness (QED) is 0.244. The van der Waals surface area contributed by atoms with Crippen LogP contribution >= 0.6 is 23.8 Å². The summed E-state index contributed by atoms with van der Waals surface area (Å²) in [5.41, 5.74) is 4.23. The van der Waals surface area contributed by atoms with Crippen molar-refractivity contribution in [2.75, 3.05) is 6.54 Å². The summed E-state index contributed by atoms with van der Waals surface area (Å²) in [7, 11) is 0. The number of ketones is 1. The molecular weight excluding hydrogens is 321 g/mol. The topological polar surface area (TPSA) is 87.4 Å². The number of rotatable bonds is 6. The molecule has 0 aromatic heterocycles. The number of hydrogen-bond donors (Lipinski definition) is 4. The molecule has 5 N–H and O–H groups in total. The molecule has 0 aromatic carbocycles. The van der Waals surface area contributed by atoms with Crippen LogP contribution in [-0.4, -0.2) is 39.7 Å². The molecule has 0 aliphatic heterocycles. The maximum atomic E-state index is 12.6. The summed E-state index contributed by atoms with van der Waals surface area (Å²) in [4.78, 5) is 11.1. The molecule has 0 radical (unpaired) electrons. The van der Waals surface area contributed by atoms with Crippen molar-refractivity contribution in [1.82, 2.24) is 10.9 Å². The second-order valence-corrected chi connectivity index (χ2v) is 4.33. The average molecular weight is 330 g/mol. The van der Waals surface area contributed by atoms with E-state index in [1.54, 1.807) is 0 Å². The van der Waals surface area contributed by atoms with Gasteiger partial charge in [0.2, 0.25) is 5.60 Å². The van der Waals surface area contributed by atoms with Crippen LogP contribution in [-0.2, 0) is 4.79 Å². The van der Waals surface area contributed by atoms with Crippen LogP contribution in [0, 0.1) is 0 Å². The fourth-order valence-corrected chi connectivity index (χ4v) is 1.19. The minimum atomic E-state index is -5.79. The summed E-state index contributed by atoms with van der Waals surface area (Å²) in [6.07, 6.45) is -7.72. The summed E-state index contributed by atoms with van der Waals surface area (Å²) in [5, 5.41) is 3.56. The van der Waals surface area contributed by atoms with Gasteiger partial charge in [-0.25, -0.2) is 5.43 Å². The zero-order chi connectivity index (χ0) is 15.5. The van der Waals surface area contributed by atoms with Crippen molar-refractivity contribution in [2.45, 2.75) is 23.6 Å². The zero-order valence-electron chi connectivity index (χ0n) is 9.02. The highest BCUT2D eigenvalue weighted by atomic mass is 35.5. The van der Waals surface area contributed by atoms with Crippen molar-refractivity contribution >= 4 is 34.7 Å². The van der Waals surface area contributed by atoms with E-state index in [0.717, 1.165) is 0 Å². The number of nitrogens with two attached hydrogens (primary N) is 1. The number of hydrazine groups is 1. The number of thiocarbonyl (C=S) groups is 1.